The topological polar surface area (TPSA) is 73.0 Å². The Morgan fingerprint density at radius 2 is 2.00 bits per heavy atom. The number of fused-ring (bicyclic) bond motifs is 1. The average Bonchev–Trinajstić information content (AvgIpc) is 2.51. The van der Waals surface area contributed by atoms with Crippen molar-refractivity contribution in [2.45, 2.75) is 39.8 Å². The van der Waals surface area contributed by atoms with Crippen molar-refractivity contribution in [2.75, 3.05) is 20.2 Å². The number of hydrogen-bond donors (Lipinski definition) is 2. The molecule has 1 amide bonds. The van der Waals surface area contributed by atoms with Crippen LogP contribution in [0.25, 0.3) is 11.0 Å². The summed E-state index contributed by atoms with van der Waals surface area (Å²) in [5.74, 6) is 0.635. The van der Waals surface area contributed by atoms with Gasteiger partial charge in [0, 0.05) is 28.6 Å². The van der Waals surface area contributed by atoms with Crippen LogP contribution in [0.5, 0.6) is 5.75 Å². The number of likely N-dealkylation sites (N-methyl/N-ethyl adjacent to an activating group) is 1. The summed E-state index contributed by atoms with van der Waals surface area (Å²) in [5, 5.41) is 3.84. The fourth-order valence-electron chi connectivity index (χ4n) is 2.75. The molecule has 6 nitrogen and oxygen atoms in total. The van der Waals surface area contributed by atoms with E-state index in [4.69, 9.17) is 9.15 Å². The Morgan fingerprint density at radius 1 is 1.28 bits per heavy atom. The molecule has 0 aliphatic heterocycles. The molecule has 0 fully saturated rings. The number of quaternary nitrogens is 1. The Bertz CT molecular complexity index is 805. The van der Waals surface area contributed by atoms with Crippen molar-refractivity contribution < 1.29 is 18.8 Å². The van der Waals surface area contributed by atoms with Crippen molar-refractivity contribution >= 4 is 16.9 Å². The average molecular weight is 347 g/mol. The lowest BCUT2D eigenvalue weighted by molar-refractivity contribution is -0.904. The number of nitrogens with one attached hydrogen (secondary N) is 2. The van der Waals surface area contributed by atoms with Crippen molar-refractivity contribution in [1.29, 1.82) is 0 Å². The zero-order valence-electron chi connectivity index (χ0n) is 15.6. The van der Waals surface area contributed by atoms with Crippen LogP contribution in [0.4, 0.5) is 0 Å². The molecule has 0 spiro atoms. The number of carbonyl (C=O) groups excluding carboxylic acids is 1. The molecule has 0 aliphatic rings. The SMILES string of the molecule is CC[NH+](CC(=O)NC(C)(C)C)Cc1cc(=O)oc2cc(OC)ccc12. The highest BCUT2D eigenvalue weighted by Gasteiger charge is 2.20. The maximum atomic E-state index is 12.2. The molecule has 1 heterocycles. The van der Waals surface area contributed by atoms with Gasteiger partial charge < -0.3 is 19.4 Å². The third kappa shape index (κ3) is 5.32. The van der Waals surface area contributed by atoms with E-state index in [2.05, 4.69) is 5.32 Å². The van der Waals surface area contributed by atoms with Gasteiger partial charge in [0.15, 0.2) is 6.54 Å². The van der Waals surface area contributed by atoms with E-state index in [1.807, 2.05) is 39.8 Å². The van der Waals surface area contributed by atoms with E-state index in [1.54, 1.807) is 13.2 Å². The van der Waals surface area contributed by atoms with Crippen molar-refractivity contribution in [1.82, 2.24) is 5.32 Å². The van der Waals surface area contributed by atoms with Gasteiger partial charge in [0.05, 0.1) is 13.7 Å². The molecule has 6 heteroatoms. The predicted octanol–water partition coefficient (Wildman–Crippen LogP) is 1.12. The summed E-state index contributed by atoms with van der Waals surface area (Å²) in [4.78, 5) is 25.2. The van der Waals surface area contributed by atoms with Crippen LogP contribution in [0, 0.1) is 0 Å². The molecule has 1 unspecified atom stereocenters. The first kappa shape index (κ1) is 19.0. The number of benzene rings is 1. The Balaban J connectivity index is 2.25. The van der Waals surface area contributed by atoms with Gasteiger partial charge in [-0.25, -0.2) is 4.79 Å². The minimum Gasteiger partial charge on any atom is -0.497 e. The molecule has 2 N–H and O–H groups in total. The lowest BCUT2D eigenvalue weighted by Gasteiger charge is -2.23. The number of rotatable bonds is 6. The number of ether oxygens (including phenoxy) is 1. The summed E-state index contributed by atoms with van der Waals surface area (Å²) in [6.45, 7) is 9.60. The van der Waals surface area contributed by atoms with Crippen molar-refractivity contribution in [3.63, 3.8) is 0 Å². The van der Waals surface area contributed by atoms with Crippen LogP contribution in [0.3, 0.4) is 0 Å². The van der Waals surface area contributed by atoms with E-state index >= 15 is 0 Å². The van der Waals surface area contributed by atoms with E-state index in [-0.39, 0.29) is 11.4 Å². The zero-order valence-corrected chi connectivity index (χ0v) is 15.6. The molecule has 2 rings (SSSR count). The molecule has 1 aromatic carbocycles. The standard InChI is InChI=1S/C19H26N2O4/c1-6-21(12-17(22)20-19(2,3)4)11-13-9-18(23)25-16-10-14(24-5)7-8-15(13)16/h7-10H,6,11-12H2,1-5H3,(H,20,22)/p+1. The Morgan fingerprint density at radius 3 is 2.60 bits per heavy atom. The van der Waals surface area contributed by atoms with Crippen molar-refractivity contribution in [2.24, 2.45) is 0 Å². The van der Waals surface area contributed by atoms with E-state index in [0.29, 0.717) is 24.4 Å². The fraction of sp³-hybridized carbons (Fsp3) is 0.474. The van der Waals surface area contributed by atoms with Gasteiger partial charge >= 0.3 is 5.63 Å². The molecule has 136 valence electrons. The molecule has 0 saturated carbocycles. The van der Waals surface area contributed by atoms with E-state index in [0.717, 1.165) is 22.4 Å². The first-order chi connectivity index (χ1) is 11.7. The van der Waals surface area contributed by atoms with Gasteiger partial charge in [-0.15, -0.1) is 0 Å². The Hall–Kier alpha value is -2.34. The van der Waals surface area contributed by atoms with Crippen LogP contribution in [-0.4, -0.2) is 31.6 Å². The van der Waals surface area contributed by atoms with E-state index < -0.39 is 5.63 Å². The number of hydrogen-bond acceptors (Lipinski definition) is 4. The molecule has 0 saturated heterocycles. The van der Waals surface area contributed by atoms with E-state index in [9.17, 15) is 9.59 Å². The second-order valence-electron chi connectivity index (χ2n) is 7.21. The Labute approximate surface area is 147 Å². The maximum Gasteiger partial charge on any atom is 0.336 e. The van der Waals surface area contributed by atoms with Crippen molar-refractivity contribution in [3.8, 4) is 5.75 Å². The highest BCUT2D eigenvalue weighted by molar-refractivity contribution is 5.81. The number of methoxy groups -OCH3 is 1. The molecule has 0 radical (unpaired) electrons. The van der Waals surface area contributed by atoms with Gasteiger partial charge in [-0.3, -0.25) is 4.79 Å². The molecular formula is C19H27N2O4+. The number of carbonyl (C=O) groups is 1. The minimum absolute atomic E-state index is 0.00158. The molecule has 1 atom stereocenters. The van der Waals surface area contributed by atoms with Crippen LogP contribution in [-0.2, 0) is 11.3 Å². The second kappa shape index (κ2) is 7.70. The molecule has 0 bridgehead atoms. The maximum absolute atomic E-state index is 12.2. The summed E-state index contributed by atoms with van der Waals surface area (Å²) in [5.41, 5.74) is 0.712. The molecule has 2 aromatic rings. The normalized spacial score (nSPS) is 12.8. The van der Waals surface area contributed by atoms with Gasteiger partial charge in [0.25, 0.3) is 5.91 Å². The molecule has 1 aromatic heterocycles. The summed E-state index contributed by atoms with van der Waals surface area (Å²) in [6.07, 6.45) is 0. The lowest BCUT2D eigenvalue weighted by atomic mass is 10.1. The van der Waals surface area contributed by atoms with Crippen molar-refractivity contribution in [3.05, 3.63) is 40.2 Å². The lowest BCUT2D eigenvalue weighted by Crippen LogP contribution is -3.11. The monoisotopic (exact) mass is 347 g/mol. The van der Waals surface area contributed by atoms with Gasteiger partial charge in [0.2, 0.25) is 0 Å². The van der Waals surface area contributed by atoms with Crippen LogP contribution >= 0.6 is 0 Å². The van der Waals surface area contributed by atoms with Crippen LogP contribution < -0.4 is 20.6 Å². The third-order valence-electron chi connectivity index (χ3n) is 3.90. The summed E-state index contributed by atoms with van der Waals surface area (Å²) >= 11 is 0. The first-order valence-electron chi connectivity index (χ1n) is 8.47. The van der Waals surface area contributed by atoms with Gasteiger partial charge in [-0.1, -0.05) is 0 Å². The van der Waals surface area contributed by atoms with Crippen LogP contribution in [0.1, 0.15) is 33.3 Å². The summed E-state index contributed by atoms with van der Waals surface area (Å²) in [7, 11) is 1.57. The predicted molar refractivity (Wildman–Crippen MR) is 97.0 cm³/mol. The van der Waals surface area contributed by atoms with E-state index in [1.165, 1.54) is 6.07 Å². The van der Waals surface area contributed by atoms with Gasteiger partial charge in [-0.2, -0.15) is 0 Å². The highest BCUT2D eigenvalue weighted by atomic mass is 16.5. The molecular weight excluding hydrogens is 320 g/mol. The summed E-state index contributed by atoms with van der Waals surface area (Å²) < 4.78 is 10.5. The second-order valence-corrected chi connectivity index (χ2v) is 7.21. The fourth-order valence-corrected chi connectivity index (χ4v) is 2.75. The van der Waals surface area contributed by atoms with Gasteiger partial charge in [-0.05, 0) is 39.8 Å². The third-order valence-corrected chi connectivity index (χ3v) is 3.90. The quantitative estimate of drug-likeness (QED) is 0.768. The molecule has 0 aliphatic carbocycles. The zero-order chi connectivity index (χ0) is 18.6. The first-order valence-corrected chi connectivity index (χ1v) is 8.47. The minimum atomic E-state index is -0.398. The van der Waals surface area contributed by atoms with Crippen LogP contribution in [0.2, 0.25) is 0 Å². The largest absolute Gasteiger partial charge is 0.497 e. The highest BCUT2D eigenvalue weighted by Crippen LogP contribution is 2.22. The smallest absolute Gasteiger partial charge is 0.336 e. The van der Waals surface area contributed by atoms with Gasteiger partial charge in [0.1, 0.15) is 17.9 Å². The number of amides is 1. The Kier molecular flexibility index (Phi) is 5.85. The van der Waals surface area contributed by atoms with Crippen LogP contribution in [0.15, 0.2) is 33.5 Å². The summed E-state index contributed by atoms with van der Waals surface area (Å²) in [6, 6.07) is 6.93. The molecule has 25 heavy (non-hydrogen) atoms.